The number of amides is 1. The molecular weight excluding hydrogens is 282 g/mol. The maximum Gasteiger partial charge on any atom is 0.387 e. The molecule has 6 nitrogen and oxygen atoms in total. The van der Waals surface area contributed by atoms with Gasteiger partial charge in [0, 0.05) is 18.0 Å². The van der Waals surface area contributed by atoms with Crippen LogP contribution in [0.1, 0.15) is 23.2 Å². The molecule has 20 heavy (non-hydrogen) atoms. The van der Waals surface area contributed by atoms with Gasteiger partial charge < -0.3 is 4.90 Å². The van der Waals surface area contributed by atoms with E-state index in [-0.39, 0.29) is 18.3 Å². The van der Waals surface area contributed by atoms with E-state index in [9.17, 15) is 9.59 Å². The van der Waals surface area contributed by atoms with Gasteiger partial charge >= 0.3 is 5.97 Å². The fraction of sp³-hybridized carbons (Fsp3) is 0.308. The van der Waals surface area contributed by atoms with E-state index in [0.29, 0.717) is 23.6 Å². The van der Waals surface area contributed by atoms with Crippen LogP contribution in [-0.4, -0.2) is 35.7 Å². The molecule has 1 aliphatic rings. The Kier molecular flexibility index (Phi) is 4.57. The number of nitrogens with two attached hydrogens (primary N) is 1. The van der Waals surface area contributed by atoms with Gasteiger partial charge in [-0.05, 0) is 30.7 Å². The van der Waals surface area contributed by atoms with Crippen LogP contribution in [0.15, 0.2) is 24.3 Å². The van der Waals surface area contributed by atoms with Crippen LogP contribution in [0.4, 0.5) is 0 Å². The molecule has 2 rings (SSSR count). The van der Waals surface area contributed by atoms with Crippen molar-refractivity contribution in [3.63, 3.8) is 0 Å². The first kappa shape index (κ1) is 14.3. The molecule has 1 saturated heterocycles. The number of hydrogen-bond donors (Lipinski definition) is 2. The molecule has 7 heteroatoms. The van der Waals surface area contributed by atoms with Crippen molar-refractivity contribution in [3.8, 4) is 0 Å². The van der Waals surface area contributed by atoms with Crippen LogP contribution in [0.5, 0.6) is 0 Å². The van der Waals surface area contributed by atoms with Crippen molar-refractivity contribution in [3.05, 3.63) is 34.9 Å². The highest BCUT2D eigenvalue weighted by atomic mass is 35.5. The van der Waals surface area contributed by atoms with Gasteiger partial charge in [0.15, 0.2) is 0 Å². The lowest BCUT2D eigenvalue weighted by Gasteiger charge is -2.11. The molecule has 1 aromatic carbocycles. The third-order valence-electron chi connectivity index (χ3n) is 2.89. The lowest BCUT2D eigenvalue weighted by atomic mass is 10.2. The SMILES string of the molecule is NC(CN1CCCC1=O)=[NH+]OC(=O)c1ccc(Cl)cc1. The van der Waals surface area contributed by atoms with Gasteiger partial charge in [-0.2, -0.15) is 0 Å². The summed E-state index contributed by atoms with van der Waals surface area (Å²) >= 11 is 5.72. The fourth-order valence-electron chi connectivity index (χ4n) is 1.87. The van der Waals surface area contributed by atoms with E-state index in [0.717, 1.165) is 6.42 Å². The van der Waals surface area contributed by atoms with Gasteiger partial charge in [-0.3, -0.25) is 15.4 Å². The molecule has 3 N–H and O–H groups in total. The summed E-state index contributed by atoms with van der Waals surface area (Å²) in [5.74, 6) is -0.307. The first-order valence-electron chi connectivity index (χ1n) is 6.18. The predicted molar refractivity (Wildman–Crippen MR) is 72.8 cm³/mol. The van der Waals surface area contributed by atoms with Crippen LogP contribution in [0.3, 0.4) is 0 Å². The second-order valence-electron chi connectivity index (χ2n) is 4.44. The maximum atomic E-state index is 11.7. The molecule has 0 bridgehead atoms. The van der Waals surface area contributed by atoms with E-state index < -0.39 is 5.97 Å². The quantitative estimate of drug-likeness (QED) is 0.338. The topological polar surface area (TPSA) is 86.6 Å². The van der Waals surface area contributed by atoms with Crippen molar-refractivity contribution >= 4 is 29.3 Å². The van der Waals surface area contributed by atoms with Crippen molar-refractivity contribution in [1.82, 2.24) is 4.90 Å². The molecule has 0 aliphatic carbocycles. The van der Waals surface area contributed by atoms with Crippen molar-refractivity contribution < 1.29 is 19.6 Å². The third kappa shape index (κ3) is 3.71. The predicted octanol–water partition coefficient (Wildman–Crippen LogP) is -0.528. The molecule has 1 heterocycles. The Labute approximate surface area is 121 Å². The number of carbonyl (C=O) groups excluding carboxylic acids is 2. The highest BCUT2D eigenvalue weighted by molar-refractivity contribution is 6.30. The Morgan fingerprint density at radius 1 is 1.40 bits per heavy atom. The number of likely N-dealkylation sites (tertiary alicyclic amines) is 1. The van der Waals surface area contributed by atoms with Crippen molar-refractivity contribution in [2.45, 2.75) is 12.8 Å². The normalized spacial score (nSPS) is 15.6. The molecule has 1 amide bonds. The maximum absolute atomic E-state index is 11.7. The van der Waals surface area contributed by atoms with Crippen LogP contribution in [0.2, 0.25) is 5.02 Å². The number of halogens is 1. The number of rotatable bonds is 4. The smallest absolute Gasteiger partial charge is 0.331 e. The van der Waals surface area contributed by atoms with E-state index in [1.807, 2.05) is 0 Å². The number of nitrogens with zero attached hydrogens (tertiary/aromatic N) is 1. The highest BCUT2D eigenvalue weighted by Crippen LogP contribution is 2.09. The van der Waals surface area contributed by atoms with Gasteiger partial charge in [-0.1, -0.05) is 16.8 Å². The Balaban J connectivity index is 1.89. The summed E-state index contributed by atoms with van der Waals surface area (Å²) in [6, 6.07) is 6.28. The zero-order valence-corrected chi connectivity index (χ0v) is 11.5. The van der Waals surface area contributed by atoms with E-state index >= 15 is 0 Å². The molecule has 0 spiro atoms. The van der Waals surface area contributed by atoms with Crippen LogP contribution >= 0.6 is 11.6 Å². The van der Waals surface area contributed by atoms with E-state index in [1.165, 1.54) is 0 Å². The van der Waals surface area contributed by atoms with Gasteiger partial charge in [-0.25, -0.2) is 4.79 Å². The lowest BCUT2D eigenvalue weighted by Crippen LogP contribution is -2.77. The van der Waals surface area contributed by atoms with Crippen LogP contribution in [0.25, 0.3) is 0 Å². The fourth-order valence-corrected chi connectivity index (χ4v) is 1.99. The summed E-state index contributed by atoms with van der Waals surface area (Å²) in [5.41, 5.74) is 6.03. The third-order valence-corrected chi connectivity index (χ3v) is 3.14. The van der Waals surface area contributed by atoms with Gasteiger partial charge in [0.1, 0.15) is 6.54 Å². The molecule has 0 atom stereocenters. The minimum Gasteiger partial charge on any atom is -0.331 e. The Hall–Kier alpha value is -2.08. The molecule has 106 valence electrons. The van der Waals surface area contributed by atoms with E-state index in [1.54, 1.807) is 29.2 Å². The van der Waals surface area contributed by atoms with Crippen molar-refractivity contribution in [2.75, 3.05) is 13.1 Å². The van der Waals surface area contributed by atoms with Crippen molar-refractivity contribution in [1.29, 1.82) is 0 Å². The number of carbonyl (C=O) groups is 2. The summed E-state index contributed by atoms with van der Waals surface area (Å²) in [5, 5.41) is 2.90. The second-order valence-corrected chi connectivity index (χ2v) is 4.88. The minimum atomic E-state index is -0.572. The highest BCUT2D eigenvalue weighted by Gasteiger charge is 2.22. The van der Waals surface area contributed by atoms with Crippen LogP contribution in [-0.2, 0) is 9.63 Å². The zero-order chi connectivity index (χ0) is 14.5. The van der Waals surface area contributed by atoms with Gasteiger partial charge in [-0.15, -0.1) is 0 Å². The first-order chi connectivity index (χ1) is 9.56. The summed E-state index contributed by atoms with van der Waals surface area (Å²) in [6.07, 6.45) is 1.37. The first-order valence-corrected chi connectivity index (χ1v) is 6.56. The zero-order valence-electron chi connectivity index (χ0n) is 10.8. The summed E-state index contributed by atoms with van der Waals surface area (Å²) in [6.45, 7) is 0.902. The Morgan fingerprint density at radius 2 is 2.10 bits per heavy atom. The largest absolute Gasteiger partial charge is 0.387 e. The molecule has 1 fully saturated rings. The molecular formula is C13H15ClN3O3+. The molecule has 1 aliphatic heterocycles. The Morgan fingerprint density at radius 3 is 2.70 bits per heavy atom. The van der Waals surface area contributed by atoms with Gasteiger partial charge in [0.2, 0.25) is 5.91 Å². The standard InChI is InChI=1S/C13H14ClN3O3/c14-10-5-3-9(4-6-10)13(19)20-16-11(15)8-17-7-1-2-12(17)18/h3-6H,1-2,7-8H2,(H2,15,16)/p+1. The number of hydrogen-bond acceptors (Lipinski definition) is 3. The molecule has 0 aromatic heterocycles. The van der Waals surface area contributed by atoms with E-state index in [4.69, 9.17) is 22.2 Å². The number of nitrogens with one attached hydrogen (secondary N) is 1. The molecule has 1 aromatic rings. The Bertz CT molecular complexity index is 542. The van der Waals surface area contributed by atoms with Crippen molar-refractivity contribution in [2.24, 2.45) is 5.73 Å². The summed E-state index contributed by atoms with van der Waals surface area (Å²) in [4.78, 5) is 29.5. The minimum absolute atomic E-state index is 0.0544. The van der Waals surface area contributed by atoms with Gasteiger partial charge in [0.05, 0.1) is 5.56 Å². The second kappa shape index (κ2) is 6.38. The van der Waals surface area contributed by atoms with Gasteiger partial charge in [0.25, 0.3) is 5.84 Å². The monoisotopic (exact) mass is 296 g/mol. The average Bonchev–Trinajstić information content (AvgIpc) is 2.82. The van der Waals surface area contributed by atoms with E-state index in [2.05, 4.69) is 5.16 Å². The average molecular weight is 297 g/mol. The summed E-state index contributed by atoms with van der Waals surface area (Å²) < 4.78 is 0. The van der Waals surface area contributed by atoms with Crippen LogP contribution < -0.4 is 10.9 Å². The number of amidine groups is 1. The molecule has 0 unspecified atom stereocenters. The lowest BCUT2D eigenvalue weighted by molar-refractivity contribution is -0.722. The number of benzene rings is 1. The molecule has 0 radical (unpaired) electrons. The molecule has 0 saturated carbocycles. The van der Waals surface area contributed by atoms with Crippen LogP contribution in [0, 0.1) is 0 Å². The summed E-state index contributed by atoms with van der Waals surface area (Å²) in [7, 11) is 0.